The normalized spacial score (nSPS) is 11.4. The summed E-state index contributed by atoms with van der Waals surface area (Å²) in [6.07, 6.45) is 0. The van der Waals surface area contributed by atoms with Crippen molar-refractivity contribution in [1.82, 2.24) is 14.7 Å². The predicted octanol–water partition coefficient (Wildman–Crippen LogP) is 4.66. The fourth-order valence-electron chi connectivity index (χ4n) is 2.19. The van der Waals surface area contributed by atoms with E-state index >= 15 is 0 Å². The molecule has 0 aliphatic heterocycles. The third kappa shape index (κ3) is 2.16. The highest BCUT2D eigenvalue weighted by Gasteiger charge is 2.13. The number of nitrogens with zero attached hydrogens (tertiary/aromatic N) is 2. The number of H-pyrrole nitrogens is 1. The lowest BCUT2D eigenvalue weighted by Gasteiger charge is -2.05. The molecule has 0 amide bonds. The largest absolute Gasteiger partial charge is 0.361 e. The predicted molar refractivity (Wildman–Crippen MR) is 82.2 cm³/mol. The van der Waals surface area contributed by atoms with Crippen LogP contribution < -0.4 is 0 Å². The van der Waals surface area contributed by atoms with Crippen molar-refractivity contribution in [2.75, 3.05) is 0 Å². The van der Waals surface area contributed by atoms with Gasteiger partial charge in [0.05, 0.1) is 33.3 Å². The van der Waals surface area contributed by atoms with Gasteiger partial charge in [0.2, 0.25) is 0 Å². The van der Waals surface area contributed by atoms with Crippen molar-refractivity contribution >= 4 is 46.5 Å². The zero-order valence-electron chi connectivity index (χ0n) is 10.8. The van der Waals surface area contributed by atoms with Crippen LogP contribution in [-0.2, 0) is 6.54 Å². The second-order valence-corrected chi connectivity index (χ2v) is 5.80. The second-order valence-electron chi connectivity index (χ2n) is 4.60. The van der Waals surface area contributed by atoms with Gasteiger partial charge in [-0.1, -0.05) is 28.4 Å². The number of aromatic amines is 1. The van der Waals surface area contributed by atoms with Gasteiger partial charge in [-0.25, -0.2) is 0 Å². The summed E-state index contributed by atoms with van der Waals surface area (Å²) >= 11 is 17.5. The van der Waals surface area contributed by atoms with Crippen LogP contribution in [0.25, 0.3) is 11.0 Å². The highest BCUT2D eigenvalue weighted by molar-refractivity contribution is 7.71. The fourth-order valence-corrected chi connectivity index (χ4v) is 2.79. The first-order chi connectivity index (χ1) is 9.47. The van der Waals surface area contributed by atoms with Crippen molar-refractivity contribution in [3.05, 3.63) is 44.0 Å². The number of hydrogen-bond acceptors (Lipinski definition) is 3. The number of nitrogens with one attached hydrogen (secondary N) is 1. The van der Waals surface area contributed by atoms with Gasteiger partial charge in [0.25, 0.3) is 0 Å². The van der Waals surface area contributed by atoms with Crippen LogP contribution in [0, 0.1) is 18.6 Å². The van der Waals surface area contributed by atoms with Crippen LogP contribution in [0.1, 0.15) is 17.0 Å². The first kappa shape index (κ1) is 13.7. The lowest BCUT2D eigenvalue weighted by molar-refractivity contribution is 0.392. The first-order valence-electron chi connectivity index (χ1n) is 5.96. The molecule has 0 saturated carbocycles. The standard InChI is InChI=1S/C13H11Cl2N3OS/c1-6-8(7(2)19-17-6)5-18-12-4-10(15)9(14)3-11(12)16-13(18)20/h3-4H,5H2,1-2H3,(H,16,20). The molecule has 0 spiro atoms. The van der Waals surface area contributed by atoms with E-state index in [9.17, 15) is 0 Å². The van der Waals surface area contributed by atoms with Gasteiger partial charge in [-0.2, -0.15) is 0 Å². The topological polar surface area (TPSA) is 46.8 Å². The summed E-state index contributed by atoms with van der Waals surface area (Å²) in [6.45, 7) is 4.38. The van der Waals surface area contributed by atoms with E-state index in [4.69, 9.17) is 39.9 Å². The van der Waals surface area contributed by atoms with Gasteiger partial charge in [0, 0.05) is 5.56 Å². The third-order valence-corrected chi connectivity index (χ3v) is 4.36. The summed E-state index contributed by atoms with van der Waals surface area (Å²) in [5, 5.41) is 4.96. The number of aryl methyl sites for hydroxylation is 2. The van der Waals surface area contributed by atoms with Crippen LogP contribution in [0.3, 0.4) is 0 Å². The molecule has 7 heteroatoms. The number of benzene rings is 1. The minimum absolute atomic E-state index is 0.500. The molecule has 0 atom stereocenters. The van der Waals surface area contributed by atoms with E-state index in [2.05, 4.69) is 10.1 Å². The lowest BCUT2D eigenvalue weighted by atomic mass is 10.2. The van der Waals surface area contributed by atoms with Crippen molar-refractivity contribution in [1.29, 1.82) is 0 Å². The molecule has 2 aromatic heterocycles. The molecule has 2 heterocycles. The number of fused-ring (bicyclic) bond motifs is 1. The Morgan fingerprint density at radius 1 is 1.30 bits per heavy atom. The van der Waals surface area contributed by atoms with Crippen molar-refractivity contribution < 1.29 is 4.52 Å². The van der Waals surface area contributed by atoms with Crippen LogP contribution in [0.2, 0.25) is 10.0 Å². The molecule has 0 aliphatic carbocycles. The van der Waals surface area contributed by atoms with E-state index in [0.717, 1.165) is 28.1 Å². The molecular formula is C13H11Cl2N3OS. The SMILES string of the molecule is Cc1noc(C)c1Cn1c(=S)[nH]c2cc(Cl)c(Cl)cc21. The van der Waals surface area contributed by atoms with Gasteiger partial charge >= 0.3 is 0 Å². The number of rotatable bonds is 2. The lowest BCUT2D eigenvalue weighted by Crippen LogP contribution is -2.01. The Morgan fingerprint density at radius 2 is 2.00 bits per heavy atom. The quantitative estimate of drug-likeness (QED) is 0.696. The first-order valence-corrected chi connectivity index (χ1v) is 7.13. The van der Waals surface area contributed by atoms with Crippen molar-refractivity contribution in [3.63, 3.8) is 0 Å². The summed E-state index contributed by atoms with van der Waals surface area (Å²) in [6, 6.07) is 3.59. The smallest absolute Gasteiger partial charge is 0.178 e. The molecule has 3 aromatic rings. The summed E-state index contributed by atoms with van der Waals surface area (Å²) in [5.41, 5.74) is 3.65. The van der Waals surface area contributed by atoms with E-state index in [0.29, 0.717) is 21.4 Å². The summed E-state index contributed by atoms with van der Waals surface area (Å²) < 4.78 is 7.75. The summed E-state index contributed by atoms with van der Waals surface area (Å²) in [5.74, 6) is 0.791. The molecule has 1 N–H and O–H groups in total. The molecule has 0 saturated heterocycles. The molecule has 0 fully saturated rings. The van der Waals surface area contributed by atoms with Crippen LogP contribution in [-0.4, -0.2) is 14.7 Å². The molecule has 1 aromatic carbocycles. The van der Waals surface area contributed by atoms with Gasteiger partial charge in [-0.05, 0) is 38.2 Å². The van der Waals surface area contributed by atoms with E-state index in [1.54, 1.807) is 6.07 Å². The zero-order chi connectivity index (χ0) is 14.4. The molecule has 104 valence electrons. The van der Waals surface area contributed by atoms with Crippen molar-refractivity contribution in [3.8, 4) is 0 Å². The molecule has 3 rings (SSSR count). The average molecular weight is 328 g/mol. The maximum Gasteiger partial charge on any atom is 0.178 e. The van der Waals surface area contributed by atoms with Crippen LogP contribution in [0.4, 0.5) is 0 Å². The third-order valence-electron chi connectivity index (χ3n) is 3.31. The molecule has 0 bridgehead atoms. The summed E-state index contributed by atoms with van der Waals surface area (Å²) in [4.78, 5) is 3.13. The Labute approximate surface area is 130 Å². The van der Waals surface area contributed by atoms with Gasteiger partial charge in [0.1, 0.15) is 5.76 Å². The van der Waals surface area contributed by atoms with Crippen molar-refractivity contribution in [2.45, 2.75) is 20.4 Å². The van der Waals surface area contributed by atoms with Crippen molar-refractivity contribution in [2.24, 2.45) is 0 Å². The van der Waals surface area contributed by atoms with Gasteiger partial charge < -0.3 is 14.1 Å². The van der Waals surface area contributed by atoms with Gasteiger partial charge in [-0.15, -0.1) is 0 Å². The Hall–Kier alpha value is -1.30. The molecule has 4 nitrogen and oxygen atoms in total. The number of hydrogen-bond donors (Lipinski definition) is 1. The Morgan fingerprint density at radius 3 is 2.65 bits per heavy atom. The number of halogens is 2. The van der Waals surface area contributed by atoms with E-state index in [1.165, 1.54) is 0 Å². The summed E-state index contributed by atoms with van der Waals surface area (Å²) in [7, 11) is 0. The van der Waals surface area contributed by atoms with Crippen LogP contribution in [0.15, 0.2) is 16.7 Å². The Bertz CT molecular complexity index is 843. The number of aromatic nitrogens is 3. The number of imidazole rings is 1. The minimum atomic E-state index is 0.500. The Kier molecular flexibility index (Phi) is 3.36. The fraction of sp³-hybridized carbons (Fsp3) is 0.231. The highest BCUT2D eigenvalue weighted by Crippen LogP contribution is 2.28. The molecule has 0 aliphatic rings. The maximum absolute atomic E-state index is 6.09. The van der Waals surface area contributed by atoms with E-state index in [1.807, 2.05) is 24.5 Å². The molecule has 0 unspecified atom stereocenters. The van der Waals surface area contributed by atoms with Gasteiger partial charge in [-0.3, -0.25) is 0 Å². The highest BCUT2D eigenvalue weighted by atomic mass is 35.5. The van der Waals surface area contributed by atoms with E-state index in [-0.39, 0.29) is 0 Å². The molecule has 0 radical (unpaired) electrons. The minimum Gasteiger partial charge on any atom is -0.361 e. The van der Waals surface area contributed by atoms with E-state index < -0.39 is 0 Å². The van der Waals surface area contributed by atoms with Gasteiger partial charge in [0.15, 0.2) is 4.77 Å². The van der Waals surface area contributed by atoms with Crippen LogP contribution >= 0.6 is 35.4 Å². The average Bonchev–Trinajstić information content (AvgIpc) is 2.85. The van der Waals surface area contributed by atoms with Crippen LogP contribution in [0.5, 0.6) is 0 Å². The zero-order valence-corrected chi connectivity index (χ0v) is 13.2. The monoisotopic (exact) mass is 327 g/mol. The molecule has 20 heavy (non-hydrogen) atoms. The second kappa shape index (κ2) is 4.91. The molecular weight excluding hydrogens is 317 g/mol. The Balaban J connectivity index is 2.19. The maximum atomic E-state index is 6.09.